The van der Waals surface area contributed by atoms with E-state index in [4.69, 9.17) is 5.73 Å². The summed E-state index contributed by atoms with van der Waals surface area (Å²) >= 11 is 1.02. The summed E-state index contributed by atoms with van der Waals surface area (Å²) in [6.07, 6.45) is 0. The lowest BCUT2D eigenvalue weighted by Gasteiger charge is -2.06. The Morgan fingerprint density at radius 1 is 1.50 bits per heavy atom. The zero-order valence-corrected chi connectivity index (χ0v) is 10.2. The Hall–Kier alpha value is -2.09. The van der Waals surface area contributed by atoms with Crippen LogP contribution in [0.25, 0.3) is 0 Å². The molecule has 0 spiro atoms. The number of non-ortho nitro benzene ring substituents is 1. The van der Waals surface area contributed by atoms with Gasteiger partial charge in [-0.25, -0.2) is 4.79 Å². The van der Waals surface area contributed by atoms with Crippen LogP contribution in [0.3, 0.4) is 0 Å². The molecule has 0 saturated heterocycles. The van der Waals surface area contributed by atoms with E-state index in [-0.39, 0.29) is 17.0 Å². The van der Waals surface area contributed by atoms with Crippen molar-refractivity contribution in [2.75, 3.05) is 12.9 Å². The zero-order valence-electron chi connectivity index (χ0n) is 9.41. The van der Waals surface area contributed by atoms with E-state index in [1.807, 2.05) is 0 Å². The number of nitrogens with two attached hydrogens (primary N) is 1. The number of primary amides is 1. The smallest absolute Gasteiger partial charge is 0.339 e. The fourth-order valence-corrected chi connectivity index (χ4v) is 1.94. The number of nitro groups is 1. The Morgan fingerprint density at radius 3 is 2.67 bits per heavy atom. The highest BCUT2D eigenvalue weighted by molar-refractivity contribution is 8.00. The number of amides is 1. The third-order valence-electron chi connectivity index (χ3n) is 1.95. The van der Waals surface area contributed by atoms with Crippen molar-refractivity contribution in [2.24, 2.45) is 5.73 Å². The largest absolute Gasteiger partial charge is 0.465 e. The minimum atomic E-state index is -0.703. The van der Waals surface area contributed by atoms with Crippen LogP contribution in [-0.2, 0) is 9.53 Å². The highest BCUT2D eigenvalue weighted by atomic mass is 32.2. The number of carbonyl (C=O) groups excluding carboxylic acids is 2. The van der Waals surface area contributed by atoms with Crippen LogP contribution < -0.4 is 5.73 Å². The summed E-state index contributed by atoms with van der Waals surface area (Å²) in [5, 5.41) is 10.6. The Kier molecular flexibility index (Phi) is 4.67. The molecule has 0 fully saturated rings. The van der Waals surface area contributed by atoms with E-state index in [9.17, 15) is 19.7 Å². The van der Waals surface area contributed by atoms with Crippen molar-refractivity contribution in [3.8, 4) is 0 Å². The number of hydrogen-bond acceptors (Lipinski definition) is 6. The fourth-order valence-electron chi connectivity index (χ4n) is 1.18. The quantitative estimate of drug-likeness (QED) is 0.369. The second-order valence-electron chi connectivity index (χ2n) is 3.18. The zero-order chi connectivity index (χ0) is 13.7. The van der Waals surface area contributed by atoms with E-state index in [2.05, 4.69) is 4.74 Å². The minimum absolute atomic E-state index is 0.0260. The van der Waals surface area contributed by atoms with E-state index in [1.54, 1.807) is 0 Å². The predicted octanol–water partition coefficient (Wildman–Crippen LogP) is 0.959. The van der Waals surface area contributed by atoms with Crippen LogP contribution in [-0.4, -0.2) is 29.7 Å². The van der Waals surface area contributed by atoms with Gasteiger partial charge in [0.15, 0.2) is 0 Å². The summed E-state index contributed by atoms with van der Waals surface area (Å²) in [6, 6.07) is 3.74. The van der Waals surface area contributed by atoms with Gasteiger partial charge in [0, 0.05) is 17.0 Å². The Balaban J connectivity index is 3.12. The number of thioether (sulfide) groups is 1. The molecule has 7 nitrogen and oxygen atoms in total. The molecule has 0 bridgehead atoms. The molecule has 0 heterocycles. The lowest BCUT2D eigenvalue weighted by atomic mass is 10.2. The van der Waals surface area contributed by atoms with Gasteiger partial charge >= 0.3 is 5.97 Å². The van der Waals surface area contributed by atoms with Crippen molar-refractivity contribution in [3.05, 3.63) is 33.9 Å². The number of methoxy groups -OCH3 is 1. The molecule has 18 heavy (non-hydrogen) atoms. The monoisotopic (exact) mass is 270 g/mol. The minimum Gasteiger partial charge on any atom is -0.465 e. The standard InChI is InChI=1S/C10H10N2O5S/c1-17-10(14)7-4-6(12(15)16)2-3-8(7)18-5-9(11)13/h2-4H,5H2,1H3,(H2,11,13). The van der Waals surface area contributed by atoms with Crippen molar-refractivity contribution in [1.29, 1.82) is 0 Å². The highest BCUT2D eigenvalue weighted by Gasteiger charge is 2.17. The molecule has 2 N–H and O–H groups in total. The molecule has 1 rings (SSSR count). The first-order valence-corrected chi connectivity index (χ1v) is 5.72. The van der Waals surface area contributed by atoms with E-state index in [0.717, 1.165) is 17.8 Å². The van der Waals surface area contributed by atoms with Gasteiger partial charge in [0.05, 0.1) is 23.3 Å². The maximum Gasteiger partial charge on any atom is 0.339 e. The molecule has 1 aromatic carbocycles. The SMILES string of the molecule is COC(=O)c1cc([N+](=O)[O-])ccc1SCC(N)=O. The maximum atomic E-state index is 11.5. The third kappa shape index (κ3) is 3.45. The summed E-state index contributed by atoms with van der Waals surface area (Å²) in [5.74, 6) is -1.28. The molecule has 0 aromatic heterocycles. The van der Waals surface area contributed by atoms with Crippen LogP contribution in [0.5, 0.6) is 0 Å². The second kappa shape index (κ2) is 6.01. The van der Waals surface area contributed by atoms with Gasteiger partial charge in [-0.3, -0.25) is 14.9 Å². The van der Waals surface area contributed by atoms with E-state index in [0.29, 0.717) is 4.90 Å². The molecule has 0 aliphatic carbocycles. The van der Waals surface area contributed by atoms with Crippen LogP contribution in [0.4, 0.5) is 5.69 Å². The number of esters is 1. The second-order valence-corrected chi connectivity index (χ2v) is 4.20. The lowest BCUT2D eigenvalue weighted by molar-refractivity contribution is -0.384. The van der Waals surface area contributed by atoms with Gasteiger partial charge in [-0.05, 0) is 6.07 Å². The van der Waals surface area contributed by atoms with Gasteiger partial charge in [0.2, 0.25) is 5.91 Å². The van der Waals surface area contributed by atoms with Gasteiger partial charge in [-0.2, -0.15) is 0 Å². The Morgan fingerprint density at radius 2 is 2.17 bits per heavy atom. The molecule has 96 valence electrons. The molecule has 1 amide bonds. The van der Waals surface area contributed by atoms with Gasteiger partial charge < -0.3 is 10.5 Å². The van der Waals surface area contributed by atoms with Crippen molar-refractivity contribution in [1.82, 2.24) is 0 Å². The molecule has 0 aliphatic rings. The predicted molar refractivity (Wildman–Crippen MR) is 64.4 cm³/mol. The Labute approximate surface area is 106 Å². The lowest BCUT2D eigenvalue weighted by Crippen LogP contribution is -2.13. The highest BCUT2D eigenvalue weighted by Crippen LogP contribution is 2.27. The molecule has 0 aliphatic heterocycles. The molecular formula is C10H10N2O5S. The van der Waals surface area contributed by atoms with Crippen LogP contribution in [0, 0.1) is 10.1 Å². The maximum absolute atomic E-state index is 11.5. The van der Waals surface area contributed by atoms with Crippen LogP contribution in [0.2, 0.25) is 0 Å². The van der Waals surface area contributed by atoms with Gasteiger partial charge in [0.1, 0.15) is 0 Å². The summed E-state index contributed by atoms with van der Waals surface area (Å²) in [5.41, 5.74) is 4.81. The van der Waals surface area contributed by atoms with Crippen molar-refractivity contribution < 1.29 is 19.2 Å². The molecular weight excluding hydrogens is 260 g/mol. The first kappa shape index (κ1) is 14.0. The average molecular weight is 270 g/mol. The fraction of sp³-hybridized carbons (Fsp3) is 0.200. The van der Waals surface area contributed by atoms with Gasteiger partial charge in [-0.15, -0.1) is 11.8 Å². The molecule has 0 unspecified atom stereocenters. The molecule has 0 radical (unpaired) electrons. The van der Waals surface area contributed by atoms with Crippen molar-refractivity contribution >= 4 is 29.3 Å². The van der Waals surface area contributed by atoms with E-state index >= 15 is 0 Å². The number of benzene rings is 1. The third-order valence-corrected chi connectivity index (χ3v) is 3.05. The first-order chi connectivity index (χ1) is 8.45. The Bertz CT molecular complexity index is 503. The summed E-state index contributed by atoms with van der Waals surface area (Å²) in [7, 11) is 1.17. The number of ether oxygens (including phenoxy) is 1. The summed E-state index contributed by atoms with van der Waals surface area (Å²) in [6.45, 7) is 0. The molecule has 1 aromatic rings. The van der Waals surface area contributed by atoms with Gasteiger partial charge in [0.25, 0.3) is 5.69 Å². The number of rotatable bonds is 5. The number of nitrogens with zero attached hydrogens (tertiary/aromatic N) is 1. The average Bonchev–Trinajstić information content (AvgIpc) is 2.34. The van der Waals surface area contributed by atoms with Crippen molar-refractivity contribution in [3.63, 3.8) is 0 Å². The topological polar surface area (TPSA) is 113 Å². The normalized spacial score (nSPS) is 9.83. The number of hydrogen-bond donors (Lipinski definition) is 1. The van der Waals surface area contributed by atoms with Crippen LogP contribution in [0.15, 0.2) is 23.1 Å². The summed E-state index contributed by atoms with van der Waals surface area (Å²) in [4.78, 5) is 32.6. The number of nitro benzene ring substituents is 1. The van der Waals surface area contributed by atoms with Crippen LogP contribution >= 0.6 is 11.8 Å². The van der Waals surface area contributed by atoms with E-state index < -0.39 is 16.8 Å². The first-order valence-electron chi connectivity index (χ1n) is 4.73. The van der Waals surface area contributed by atoms with Gasteiger partial charge in [-0.1, -0.05) is 0 Å². The molecule has 0 atom stereocenters. The van der Waals surface area contributed by atoms with Crippen molar-refractivity contribution in [2.45, 2.75) is 4.90 Å². The van der Waals surface area contributed by atoms with Crippen LogP contribution in [0.1, 0.15) is 10.4 Å². The molecule has 0 saturated carbocycles. The summed E-state index contributed by atoms with van der Waals surface area (Å²) < 4.78 is 4.53. The number of carbonyl (C=O) groups is 2. The molecule has 8 heteroatoms. The van der Waals surface area contributed by atoms with E-state index in [1.165, 1.54) is 19.2 Å².